The van der Waals surface area contributed by atoms with Crippen molar-refractivity contribution in [2.24, 2.45) is 34.0 Å². The Hall–Kier alpha value is -1.75. The van der Waals surface area contributed by atoms with Gasteiger partial charge in [0.1, 0.15) is 11.3 Å². The lowest BCUT2D eigenvalue weighted by atomic mass is 9.62. The van der Waals surface area contributed by atoms with Crippen molar-refractivity contribution >= 4 is 17.3 Å². The summed E-state index contributed by atoms with van der Waals surface area (Å²) < 4.78 is 0. The Morgan fingerprint density at radius 1 is 1.20 bits per heavy atom. The van der Waals surface area contributed by atoms with Crippen molar-refractivity contribution in [2.45, 2.75) is 80.3 Å². The van der Waals surface area contributed by atoms with E-state index in [4.69, 9.17) is 0 Å². The fourth-order valence-electron chi connectivity index (χ4n) is 6.62. The average Bonchev–Trinajstić information content (AvgIpc) is 2.97. The highest BCUT2D eigenvalue weighted by Crippen LogP contribution is 2.73. The number of hydrogen-bond acceptors (Lipinski definition) is 5. The second-order valence-corrected chi connectivity index (χ2v) is 11.4. The van der Waals surface area contributed by atoms with Crippen molar-refractivity contribution in [1.29, 1.82) is 0 Å². The van der Waals surface area contributed by atoms with E-state index in [0.29, 0.717) is 6.42 Å². The van der Waals surface area contributed by atoms with Crippen LogP contribution < -0.4 is 0 Å². The normalized spacial score (nSPS) is 35.1. The molecule has 0 heterocycles. The van der Waals surface area contributed by atoms with Crippen molar-refractivity contribution < 1.29 is 24.6 Å². The zero-order valence-corrected chi connectivity index (χ0v) is 19.5. The summed E-state index contributed by atoms with van der Waals surface area (Å²) in [4.78, 5) is 40.9. The lowest BCUT2D eigenvalue weighted by molar-refractivity contribution is -0.145. The molecular weight excluding hydrogens is 380 g/mol. The fraction of sp³-hybridized carbons (Fsp3) is 0.720. The first-order valence-electron chi connectivity index (χ1n) is 11.0. The summed E-state index contributed by atoms with van der Waals surface area (Å²) in [7, 11) is 0. The predicted octanol–water partition coefficient (Wildman–Crippen LogP) is 4.34. The summed E-state index contributed by atoms with van der Waals surface area (Å²) >= 11 is 0. The van der Waals surface area contributed by atoms with Crippen LogP contribution in [0.3, 0.4) is 0 Å². The van der Waals surface area contributed by atoms with Gasteiger partial charge in [0.05, 0.1) is 16.4 Å². The smallest absolute Gasteiger partial charge is 0.183 e. The second kappa shape index (κ2) is 6.62. The van der Waals surface area contributed by atoms with Gasteiger partial charge in [-0.2, -0.15) is 0 Å². The van der Waals surface area contributed by atoms with E-state index < -0.39 is 39.3 Å². The third kappa shape index (κ3) is 2.73. The van der Waals surface area contributed by atoms with E-state index in [2.05, 4.69) is 0 Å². The van der Waals surface area contributed by atoms with E-state index in [1.54, 1.807) is 27.7 Å². The number of ketones is 3. The zero-order chi connectivity index (χ0) is 23.0. The predicted molar refractivity (Wildman–Crippen MR) is 115 cm³/mol. The monoisotopic (exact) mass is 416 g/mol. The number of carbonyl (C=O) groups excluding carboxylic acids is 3. The van der Waals surface area contributed by atoms with E-state index in [9.17, 15) is 24.6 Å². The van der Waals surface area contributed by atoms with Crippen LogP contribution >= 0.6 is 0 Å². The molecule has 2 bridgehead atoms. The Bertz CT molecular complexity index is 878. The highest BCUT2D eigenvalue weighted by Gasteiger charge is 2.78. The maximum Gasteiger partial charge on any atom is 0.183 e. The van der Waals surface area contributed by atoms with E-state index >= 15 is 0 Å². The molecule has 5 heteroatoms. The Morgan fingerprint density at radius 2 is 1.77 bits per heavy atom. The van der Waals surface area contributed by atoms with Gasteiger partial charge in [-0.25, -0.2) is 0 Å². The maximum atomic E-state index is 14.0. The minimum Gasteiger partial charge on any atom is -0.510 e. The average molecular weight is 417 g/mol. The summed E-state index contributed by atoms with van der Waals surface area (Å²) in [5.74, 6) is -2.61. The molecule has 2 fully saturated rings. The number of fused-ring (bicyclic) bond motifs is 1. The molecule has 3 aliphatic carbocycles. The summed E-state index contributed by atoms with van der Waals surface area (Å²) in [5, 5.41) is 22.1. The number of Topliss-reactive ketones (excluding diaryl/α,β-unsaturated/α-hetero) is 3. The molecule has 0 aromatic carbocycles. The molecule has 4 atom stereocenters. The lowest BCUT2D eigenvalue weighted by Crippen LogP contribution is -2.50. The van der Waals surface area contributed by atoms with Gasteiger partial charge in [-0.1, -0.05) is 39.3 Å². The molecular formula is C25H36O5. The van der Waals surface area contributed by atoms with Gasteiger partial charge in [0, 0.05) is 5.92 Å². The molecule has 5 nitrogen and oxygen atoms in total. The van der Waals surface area contributed by atoms with Gasteiger partial charge in [-0.3, -0.25) is 14.4 Å². The molecule has 0 aliphatic heterocycles. The van der Waals surface area contributed by atoms with Crippen LogP contribution in [0.5, 0.6) is 0 Å². The van der Waals surface area contributed by atoms with E-state index in [1.165, 1.54) is 0 Å². The lowest BCUT2D eigenvalue weighted by Gasteiger charge is -2.41. The van der Waals surface area contributed by atoms with Crippen LogP contribution in [-0.4, -0.2) is 33.2 Å². The standard InChI is InChI=1S/C25H36O5/c1-13(2)9-10-24-11-16-22(5,6)15(23(7,8)30)12-25(16,21(24)29)20(28)17(19(24)27)18(26)14(3)4/h9,14-16,27,30H,10-12H2,1-8H3/t15-,16-,24?,25+/m0/s1. The van der Waals surface area contributed by atoms with Crippen molar-refractivity contribution in [2.75, 3.05) is 0 Å². The van der Waals surface area contributed by atoms with Gasteiger partial charge in [-0.15, -0.1) is 0 Å². The molecule has 1 spiro atoms. The molecule has 0 radical (unpaired) electrons. The van der Waals surface area contributed by atoms with Gasteiger partial charge in [0.2, 0.25) is 0 Å². The van der Waals surface area contributed by atoms with Gasteiger partial charge in [0.25, 0.3) is 0 Å². The van der Waals surface area contributed by atoms with Crippen molar-refractivity contribution in [3.05, 3.63) is 23.0 Å². The summed E-state index contributed by atoms with van der Waals surface area (Å²) in [5.41, 5.74) is -3.34. The number of aliphatic hydroxyl groups is 2. The fourth-order valence-corrected chi connectivity index (χ4v) is 6.62. The summed E-state index contributed by atoms with van der Waals surface area (Å²) in [6.45, 7) is 14.7. The van der Waals surface area contributed by atoms with Crippen LogP contribution in [0.1, 0.15) is 74.7 Å². The molecule has 0 saturated heterocycles. The minimum atomic E-state index is -1.35. The summed E-state index contributed by atoms with van der Waals surface area (Å²) in [6, 6.07) is 0. The molecule has 0 amide bonds. The SMILES string of the molecule is CC(C)=CCC12C[C@H]3C(C)(C)[C@@H](C(C)(C)O)C[C@@]3(C(=O)C(C(=O)C(C)C)=C1O)C2=O. The van der Waals surface area contributed by atoms with Crippen LogP contribution in [-0.2, 0) is 14.4 Å². The number of carbonyl (C=O) groups is 3. The Balaban J connectivity index is 2.30. The topological polar surface area (TPSA) is 91.7 Å². The third-order valence-electron chi connectivity index (χ3n) is 8.11. The first-order chi connectivity index (χ1) is 13.5. The first kappa shape index (κ1) is 22.9. The number of allylic oxidation sites excluding steroid dienone is 4. The zero-order valence-electron chi connectivity index (χ0n) is 19.5. The molecule has 1 unspecified atom stereocenters. The Morgan fingerprint density at radius 3 is 2.23 bits per heavy atom. The molecule has 0 aromatic rings. The molecule has 2 N–H and O–H groups in total. The van der Waals surface area contributed by atoms with Crippen LogP contribution in [0.2, 0.25) is 0 Å². The van der Waals surface area contributed by atoms with Crippen LogP contribution in [0, 0.1) is 34.0 Å². The quantitative estimate of drug-likeness (QED) is 0.395. The van der Waals surface area contributed by atoms with E-state index in [-0.39, 0.29) is 41.8 Å². The third-order valence-corrected chi connectivity index (χ3v) is 8.11. The second-order valence-electron chi connectivity index (χ2n) is 11.4. The molecule has 0 aromatic heterocycles. The van der Waals surface area contributed by atoms with Crippen molar-refractivity contribution in [3.8, 4) is 0 Å². The number of aliphatic hydroxyl groups excluding tert-OH is 1. The van der Waals surface area contributed by atoms with Crippen LogP contribution in [0.15, 0.2) is 23.0 Å². The van der Waals surface area contributed by atoms with E-state index in [1.807, 2.05) is 33.8 Å². The summed E-state index contributed by atoms with van der Waals surface area (Å²) in [6.07, 6.45) is 2.73. The molecule has 3 aliphatic rings. The number of rotatable bonds is 5. The molecule has 2 saturated carbocycles. The Kier molecular flexibility index (Phi) is 5.06. The van der Waals surface area contributed by atoms with Crippen LogP contribution in [0.4, 0.5) is 0 Å². The van der Waals surface area contributed by atoms with Crippen molar-refractivity contribution in [3.63, 3.8) is 0 Å². The Labute approximate surface area is 179 Å². The van der Waals surface area contributed by atoms with Gasteiger partial charge >= 0.3 is 0 Å². The highest BCUT2D eigenvalue weighted by molar-refractivity contribution is 6.32. The first-order valence-corrected chi connectivity index (χ1v) is 11.0. The largest absolute Gasteiger partial charge is 0.510 e. The highest BCUT2D eigenvalue weighted by atomic mass is 16.3. The molecule has 30 heavy (non-hydrogen) atoms. The number of hydrogen-bond donors (Lipinski definition) is 2. The minimum absolute atomic E-state index is 0.179. The van der Waals surface area contributed by atoms with Crippen LogP contribution in [0.25, 0.3) is 0 Å². The maximum absolute atomic E-state index is 14.0. The van der Waals surface area contributed by atoms with Crippen molar-refractivity contribution in [1.82, 2.24) is 0 Å². The van der Waals surface area contributed by atoms with E-state index in [0.717, 1.165) is 5.57 Å². The van der Waals surface area contributed by atoms with Gasteiger partial charge in [-0.05, 0) is 64.2 Å². The molecule has 3 rings (SSSR count). The molecule has 166 valence electrons. The van der Waals surface area contributed by atoms with Gasteiger partial charge in [0.15, 0.2) is 17.3 Å². The van der Waals surface area contributed by atoms with Gasteiger partial charge < -0.3 is 10.2 Å².